The van der Waals surface area contributed by atoms with Crippen LogP contribution in [0.4, 0.5) is 4.39 Å². The molecule has 2 aromatic carbocycles. The first-order chi connectivity index (χ1) is 9.10. The second kappa shape index (κ2) is 6.40. The lowest BCUT2D eigenvalue weighted by atomic mass is 9.93. The highest BCUT2D eigenvalue weighted by Gasteiger charge is 2.13. The lowest BCUT2D eigenvalue weighted by molar-refractivity contribution is 0.623. The van der Waals surface area contributed by atoms with Crippen molar-refractivity contribution in [1.29, 1.82) is 0 Å². The molecule has 0 saturated heterocycles. The maximum absolute atomic E-state index is 13.3. The lowest BCUT2D eigenvalue weighted by Gasteiger charge is -2.15. The fourth-order valence-electron chi connectivity index (χ4n) is 2.07. The van der Waals surface area contributed by atoms with E-state index in [9.17, 15) is 4.39 Å². The first-order valence-corrected chi connectivity index (χ1v) is 7.08. The predicted molar refractivity (Wildman–Crippen MR) is 79.8 cm³/mol. The molecule has 0 aliphatic carbocycles. The van der Waals surface area contributed by atoms with Gasteiger partial charge in [-0.05, 0) is 42.7 Å². The van der Waals surface area contributed by atoms with Crippen LogP contribution in [0.15, 0.2) is 42.5 Å². The topological polar surface area (TPSA) is 0 Å². The zero-order valence-corrected chi connectivity index (χ0v) is 12.2. The van der Waals surface area contributed by atoms with E-state index in [-0.39, 0.29) is 11.7 Å². The summed E-state index contributed by atoms with van der Waals surface area (Å²) < 4.78 is 13.3. The molecular weight excluding hydrogens is 282 g/mol. The minimum absolute atomic E-state index is 0.140. The zero-order chi connectivity index (χ0) is 13.8. The molecule has 0 saturated carbocycles. The largest absolute Gasteiger partial charge is 0.207 e. The Morgan fingerprint density at radius 2 is 1.79 bits per heavy atom. The standard InChI is InChI=1S/C16H15Cl2F/c1-11-2-4-12(5-3-11)14(10-17)8-13-9-15(19)6-7-16(13)18/h2-7,9,14H,8,10H2,1H3. The summed E-state index contributed by atoms with van der Waals surface area (Å²) in [6.45, 7) is 2.04. The van der Waals surface area contributed by atoms with Crippen molar-refractivity contribution in [3.8, 4) is 0 Å². The minimum Gasteiger partial charge on any atom is -0.207 e. The summed E-state index contributed by atoms with van der Waals surface area (Å²) in [4.78, 5) is 0. The second-order valence-corrected chi connectivity index (χ2v) is 5.42. The number of halogens is 3. The maximum Gasteiger partial charge on any atom is 0.123 e. The van der Waals surface area contributed by atoms with Crippen LogP contribution in [-0.2, 0) is 6.42 Å². The Balaban J connectivity index is 2.23. The molecule has 0 fully saturated rings. The summed E-state index contributed by atoms with van der Waals surface area (Å²) in [5.74, 6) is 0.355. The van der Waals surface area contributed by atoms with Gasteiger partial charge >= 0.3 is 0 Å². The van der Waals surface area contributed by atoms with Gasteiger partial charge in [-0.2, -0.15) is 0 Å². The summed E-state index contributed by atoms with van der Waals surface area (Å²) in [6.07, 6.45) is 0.642. The molecule has 0 heterocycles. The zero-order valence-electron chi connectivity index (χ0n) is 10.7. The third-order valence-electron chi connectivity index (χ3n) is 3.21. The molecule has 19 heavy (non-hydrogen) atoms. The fourth-order valence-corrected chi connectivity index (χ4v) is 2.55. The third-order valence-corrected chi connectivity index (χ3v) is 3.95. The highest BCUT2D eigenvalue weighted by Crippen LogP contribution is 2.27. The normalized spacial score (nSPS) is 12.4. The summed E-state index contributed by atoms with van der Waals surface area (Å²) in [5, 5.41) is 0.587. The van der Waals surface area contributed by atoms with Gasteiger partial charge in [0.2, 0.25) is 0 Å². The molecule has 0 spiro atoms. The van der Waals surface area contributed by atoms with Crippen LogP contribution in [0.3, 0.4) is 0 Å². The van der Waals surface area contributed by atoms with E-state index in [1.807, 2.05) is 6.92 Å². The van der Waals surface area contributed by atoms with Crippen LogP contribution in [-0.4, -0.2) is 5.88 Å². The van der Waals surface area contributed by atoms with Crippen molar-refractivity contribution in [2.45, 2.75) is 19.3 Å². The van der Waals surface area contributed by atoms with Crippen molar-refractivity contribution >= 4 is 23.2 Å². The quantitative estimate of drug-likeness (QED) is 0.667. The average molecular weight is 297 g/mol. The number of aryl methyl sites for hydroxylation is 1. The Labute approximate surface area is 123 Å². The first-order valence-electron chi connectivity index (χ1n) is 6.16. The van der Waals surface area contributed by atoms with Crippen LogP contribution >= 0.6 is 23.2 Å². The van der Waals surface area contributed by atoms with Gasteiger partial charge in [-0.3, -0.25) is 0 Å². The maximum atomic E-state index is 13.3. The van der Waals surface area contributed by atoms with Crippen LogP contribution in [0.2, 0.25) is 5.02 Å². The monoisotopic (exact) mass is 296 g/mol. The number of rotatable bonds is 4. The number of alkyl halides is 1. The molecule has 0 amide bonds. The molecule has 0 aliphatic heterocycles. The smallest absolute Gasteiger partial charge is 0.123 e. The third kappa shape index (κ3) is 3.71. The van der Waals surface area contributed by atoms with Crippen LogP contribution < -0.4 is 0 Å². The Morgan fingerprint density at radius 1 is 1.11 bits per heavy atom. The molecule has 2 rings (SSSR count). The van der Waals surface area contributed by atoms with E-state index in [1.165, 1.54) is 17.7 Å². The van der Waals surface area contributed by atoms with Crippen LogP contribution in [0, 0.1) is 12.7 Å². The molecule has 0 aliphatic rings. The first kappa shape index (κ1) is 14.4. The van der Waals surface area contributed by atoms with Crippen LogP contribution in [0.25, 0.3) is 0 Å². The predicted octanol–water partition coefficient (Wildman–Crippen LogP) is 5.35. The van der Waals surface area contributed by atoms with Gasteiger partial charge in [-0.15, -0.1) is 11.6 Å². The van der Waals surface area contributed by atoms with Gasteiger partial charge in [0.1, 0.15) is 5.82 Å². The van der Waals surface area contributed by atoms with Crippen LogP contribution in [0.1, 0.15) is 22.6 Å². The van der Waals surface area contributed by atoms with E-state index in [0.717, 1.165) is 11.1 Å². The fraction of sp³-hybridized carbons (Fsp3) is 0.250. The summed E-state index contributed by atoms with van der Waals surface area (Å²) in [6, 6.07) is 12.7. The Morgan fingerprint density at radius 3 is 2.42 bits per heavy atom. The molecule has 0 nitrogen and oxygen atoms in total. The highest BCUT2D eigenvalue weighted by molar-refractivity contribution is 6.31. The molecule has 0 N–H and O–H groups in total. The van der Waals surface area contributed by atoms with Crippen molar-refractivity contribution in [3.05, 3.63) is 70.0 Å². The molecule has 0 aromatic heterocycles. The van der Waals surface area contributed by atoms with Gasteiger partial charge in [-0.25, -0.2) is 4.39 Å². The molecule has 100 valence electrons. The van der Waals surface area contributed by atoms with Gasteiger partial charge in [0.05, 0.1) is 0 Å². The van der Waals surface area contributed by atoms with Gasteiger partial charge in [0, 0.05) is 16.8 Å². The average Bonchev–Trinajstić information content (AvgIpc) is 2.41. The van der Waals surface area contributed by atoms with E-state index < -0.39 is 0 Å². The molecule has 1 unspecified atom stereocenters. The van der Waals surface area contributed by atoms with E-state index in [1.54, 1.807) is 6.07 Å². The Bertz CT molecular complexity index is 549. The minimum atomic E-state index is -0.267. The van der Waals surface area contributed by atoms with Gasteiger partial charge < -0.3 is 0 Å². The van der Waals surface area contributed by atoms with Gasteiger partial charge in [0.25, 0.3) is 0 Å². The van der Waals surface area contributed by atoms with Crippen molar-refractivity contribution in [2.75, 3.05) is 5.88 Å². The molecule has 0 radical (unpaired) electrons. The second-order valence-electron chi connectivity index (χ2n) is 4.70. The van der Waals surface area contributed by atoms with E-state index in [0.29, 0.717) is 17.3 Å². The molecule has 1 atom stereocenters. The van der Waals surface area contributed by atoms with Gasteiger partial charge in [0.15, 0.2) is 0 Å². The number of hydrogen-bond donors (Lipinski definition) is 0. The lowest BCUT2D eigenvalue weighted by Crippen LogP contribution is -2.05. The van der Waals surface area contributed by atoms with Crippen molar-refractivity contribution in [3.63, 3.8) is 0 Å². The SMILES string of the molecule is Cc1ccc(C(CCl)Cc2cc(F)ccc2Cl)cc1. The van der Waals surface area contributed by atoms with E-state index >= 15 is 0 Å². The van der Waals surface area contributed by atoms with Crippen molar-refractivity contribution in [2.24, 2.45) is 0 Å². The highest BCUT2D eigenvalue weighted by atomic mass is 35.5. The molecule has 3 heteroatoms. The Hall–Kier alpha value is -1.05. The molecular formula is C16H15Cl2F. The van der Waals surface area contributed by atoms with Gasteiger partial charge in [-0.1, -0.05) is 41.4 Å². The summed E-state index contributed by atoms with van der Waals surface area (Å²) in [5.41, 5.74) is 3.16. The number of hydrogen-bond acceptors (Lipinski definition) is 0. The Kier molecular flexibility index (Phi) is 4.84. The van der Waals surface area contributed by atoms with E-state index in [2.05, 4.69) is 24.3 Å². The van der Waals surface area contributed by atoms with Crippen molar-refractivity contribution in [1.82, 2.24) is 0 Å². The van der Waals surface area contributed by atoms with Crippen LogP contribution in [0.5, 0.6) is 0 Å². The number of benzene rings is 2. The van der Waals surface area contributed by atoms with E-state index in [4.69, 9.17) is 23.2 Å². The van der Waals surface area contributed by atoms with Crippen molar-refractivity contribution < 1.29 is 4.39 Å². The summed E-state index contributed by atoms with van der Waals surface area (Å²) in [7, 11) is 0. The summed E-state index contributed by atoms with van der Waals surface area (Å²) >= 11 is 12.1. The molecule has 0 bridgehead atoms. The molecule has 2 aromatic rings.